The van der Waals surface area contributed by atoms with Gasteiger partial charge in [-0.3, -0.25) is 4.90 Å². The van der Waals surface area contributed by atoms with Gasteiger partial charge in [-0.1, -0.05) is 12.1 Å². The van der Waals surface area contributed by atoms with E-state index in [-0.39, 0.29) is 18.7 Å². The Balaban J connectivity index is 2.44. The highest BCUT2D eigenvalue weighted by atomic mass is 19.4. The van der Waals surface area contributed by atoms with E-state index < -0.39 is 29.4 Å². The molecule has 0 unspecified atom stereocenters. The first-order chi connectivity index (χ1) is 9.32. The molecule has 1 aromatic rings. The predicted molar refractivity (Wildman–Crippen MR) is 64.3 cm³/mol. The summed E-state index contributed by atoms with van der Waals surface area (Å²) in [6, 6.07) is 0.0857. The van der Waals surface area contributed by atoms with Gasteiger partial charge in [-0.2, -0.15) is 13.2 Å². The number of rotatable bonds is 2. The minimum Gasteiger partial charge on any atom is -0.314 e. The highest BCUT2D eigenvalue weighted by Gasteiger charge is 2.46. The fourth-order valence-electron chi connectivity index (χ4n) is 2.39. The van der Waals surface area contributed by atoms with Crippen LogP contribution in [0.2, 0.25) is 0 Å². The Labute approximate surface area is 113 Å². The molecule has 0 amide bonds. The second-order valence-electron chi connectivity index (χ2n) is 4.83. The second kappa shape index (κ2) is 5.65. The molecule has 112 valence electrons. The van der Waals surface area contributed by atoms with Gasteiger partial charge in [-0.25, -0.2) is 8.78 Å². The SMILES string of the molecule is Cc1ccc([C@@H](N2CCNCC2)C(F)(F)F)c(F)c1F. The number of hydrogen-bond acceptors (Lipinski definition) is 2. The van der Waals surface area contributed by atoms with Crippen LogP contribution in [0.15, 0.2) is 12.1 Å². The lowest BCUT2D eigenvalue weighted by Crippen LogP contribution is -2.49. The Kier molecular flexibility index (Phi) is 4.29. The number of hydrogen-bond donors (Lipinski definition) is 1. The van der Waals surface area contributed by atoms with Crippen LogP contribution in [0.5, 0.6) is 0 Å². The van der Waals surface area contributed by atoms with E-state index in [0.29, 0.717) is 13.1 Å². The first kappa shape index (κ1) is 15.2. The Bertz CT molecular complexity index is 480. The van der Waals surface area contributed by atoms with Crippen molar-refractivity contribution >= 4 is 0 Å². The molecule has 1 aliphatic rings. The Hall–Kier alpha value is -1.21. The fraction of sp³-hybridized carbons (Fsp3) is 0.538. The van der Waals surface area contributed by atoms with Gasteiger partial charge in [0.05, 0.1) is 0 Å². The zero-order valence-electron chi connectivity index (χ0n) is 10.9. The van der Waals surface area contributed by atoms with E-state index in [1.807, 2.05) is 0 Å². The van der Waals surface area contributed by atoms with E-state index in [2.05, 4.69) is 5.32 Å². The normalized spacial score (nSPS) is 19.1. The third-order valence-electron chi connectivity index (χ3n) is 3.43. The lowest BCUT2D eigenvalue weighted by molar-refractivity contribution is -0.188. The molecular weight excluding hydrogens is 279 g/mol. The highest BCUT2D eigenvalue weighted by molar-refractivity contribution is 5.29. The third kappa shape index (κ3) is 2.93. The molecule has 1 N–H and O–H groups in total. The summed E-state index contributed by atoms with van der Waals surface area (Å²) in [5.74, 6) is -2.63. The molecule has 2 rings (SSSR count). The molecule has 0 aromatic heterocycles. The van der Waals surface area contributed by atoms with Gasteiger partial charge < -0.3 is 5.32 Å². The molecule has 0 saturated carbocycles. The number of aryl methyl sites for hydroxylation is 1. The summed E-state index contributed by atoms with van der Waals surface area (Å²) >= 11 is 0. The van der Waals surface area contributed by atoms with Crippen LogP contribution in [0.3, 0.4) is 0 Å². The van der Waals surface area contributed by atoms with Crippen LogP contribution in [-0.4, -0.2) is 37.3 Å². The van der Waals surface area contributed by atoms with Gasteiger partial charge in [0.1, 0.15) is 6.04 Å². The van der Waals surface area contributed by atoms with Crippen molar-refractivity contribution in [2.75, 3.05) is 26.2 Å². The van der Waals surface area contributed by atoms with Crippen LogP contribution < -0.4 is 5.32 Å². The molecule has 1 saturated heterocycles. The molecule has 20 heavy (non-hydrogen) atoms. The summed E-state index contributed by atoms with van der Waals surface area (Å²) in [6.45, 7) is 2.37. The Morgan fingerprint density at radius 1 is 1.10 bits per heavy atom. The largest absolute Gasteiger partial charge is 0.408 e. The summed E-state index contributed by atoms with van der Waals surface area (Å²) in [4.78, 5) is 1.13. The molecule has 7 heteroatoms. The van der Waals surface area contributed by atoms with E-state index in [9.17, 15) is 22.0 Å². The maximum Gasteiger partial charge on any atom is 0.408 e. The molecule has 1 aliphatic heterocycles. The molecule has 0 spiro atoms. The minimum absolute atomic E-state index is 0.00696. The van der Waals surface area contributed by atoms with Gasteiger partial charge in [-0.05, 0) is 12.5 Å². The van der Waals surface area contributed by atoms with Crippen molar-refractivity contribution in [2.24, 2.45) is 0 Å². The number of piperazine rings is 1. The summed E-state index contributed by atoms with van der Waals surface area (Å²) in [5, 5.41) is 2.93. The van der Waals surface area contributed by atoms with Crippen LogP contribution in [-0.2, 0) is 0 Å². The molecule has 1 fully saturated rings. The van der Waals surface area contributed by atoms with E-state index in [1.54, 1.807) is 0 Å². The maximum atomic E-state index is 13.9. The van der Waals surface area contributed by atoms with Crippen LogP contribution in [0.4, 0.5) is 22.0 Å². The van der Waals surface area contributed by atoms with Crippen molar-refractivity contribution in [3.05, 3.63) is 34.9 Å². The Morgan fingerprint density at radius 2 is 1.70 bits per heavy atom. The van der Waals surface area contributed by atoms with Crippen molar-refractivity contribution in [1.29, 1.82) is 0 Å². The summed E-state index contributed by atoms with van der Waals surface area (Å²) < 4.78 is 67.2. The average molecular weight is 294 g/mol. The van der Waals surface area contributed by atoms with Gasteiger partial charge in [0.15, 0.2) is 11.6 Å². The van der Waals surface area contributed by atoms with Crippen LogP contribution >= 0.6 is 0 Å². The van der Waals surface area contributed by atoms with Gasteiger partial charge in [0.25, 0.3) is 0 Å². The molecular formula is C13H15F5N2. The average Bonchev–Trinajstić information content (AvgIpc) is 2.39. The van der Waals surface area contributed by atoms with E-state index in [0.717, 1.165) is 11.0 Å². The molecule has 1 heterocycles. The van der Waals surface area contributed by atoms with E-state index in [1.165, 1.54) is 13.0 Å². The number of alkyl halides is 3. The van der Waals surface area contributed by atoms with Crippen LogP contribution in [0.25, 0.3) is 0 Å². The van der Waals surface area contributed by atoms with Gasteiger partial charge >= 0.3 is 6.18 Å². The molecule has 1 aromatic carbocycles. The van der Waals surface area contributed by atoms with Gasteiger partial charge in [-0.15, -0.1) is 0 Å². The third-order valence-corrected chi connectivity index (χ3v) is 3.43. The van der Waals surface area contributed by atoms with Crippen molar-refractivity contribution < 1.29 is 22.0 Å². The maximum absolute atomic E-state index is 13.9. The van der Waals surface area contributed by atoms with Gasteiger partial charge in [0.2, 0.25) is 0 Å². The lowest BCUT2D eigenvalue weighted by atomic mass is 10.0. The molecule has 1 atom stereocenters. The van der Waals surface area contributed by atoms with Crippen molar-refractivity contribution in [3.8, 4) is 0 Å². The summed E-state index contributed by atoms with van der Waals surface area (Å²) in [6.07, 6.45) is -4.65. The summed E-state index contributed by atoms with van der Waals surface area (Å²) in [5.41, 5.74) is -0.657. The topological polar surface area (TPSA) is 15.3 Å². The standard InChI is InChI=1S/C13H15F5N2/c1-8-2-3-9(11(15)10(8)14)12(13(16,17)18)20-6-4-19-5-7-20/h2-3,12,19H,4-7H2,1H3/t12-/m1/s1. The molecule has 0 bridgehead atoms. The predicted octanol–water partition coefficient (Wildman–Crippen LogP) is 2.78. The second-order valence-corrected chi connectivity index (χ2v) is 4.83. The van der Waals surface area contributed by atoms with Gasteiger partial charge in [0, 0.05) is 31.7 Å². The first-order valence-electron chi connectivity index (χ1n) is 6.28. The highest BCUT2D eigenvalue weighted by Crippen LogP contribution is 2.39. The number of benzene rings is 1. The Morgan fingerprint density at radius 3 is 2.25 bits per heavy atom. The summed E-state index contributed by atoms with van der Waals surface area (Å²) in [7, 11) is 0. The molecule has 0 aliphatic carbocycles. The van der Waals surface area contributed by atoms with Crippen LogP contribution in [0.1, 0.15) is 17.2 Å². The first-order valence-corrected chi connectivity index (χ1v) is 6.28. The van der Waals surface area contributed by atoms with E-state index in [4.69, 9.17) is 0 Å². The van der Waals surface area contributed by atoms with E-state index >= 15 is 0 Å². The lowest BCUT2D eigenvalue weighted by Gasteiger charge is -2.36. The van der Waals surface area contributed by atoms with Crippen molar-refractivity contribution in [2.45, 2.75) is 19.1 Å². The minimum atomic E-state index is -4.65. The molecule has 2 nitrogen and oxygen atoms in total. The number of nitrogens with one attached hydrogen (secondary N) is 1. The molecule has 0 radical (unpaired) electrons. The fourth-order valence-corrected chi connectivity index (χ4v) is 2.39. The van der Waals surface area contributed by atoms with Crippen molar-refractivity contribution in [3.63, 3.8) is 0 Å². The quantitative estimate of drug-likeness (QED) is 0.844. The van der Waals surface area contributed by atoms with Crippen LogP contribution in [0, 0.1) is 18.6 Å². The zero-order valence-corrected chi connectivity index (χ0v) is 10.9. The smallest absolute Gasteiger partial charge is 0.314 e. The van der Waals surface area contributed by atoms with Crippen molar-refractivity contribution in [1.82, 2.24) is 10.2 Å². The monoisotopic (exact) mass is 294 g/mol. The number of nitrogens with zero attached hydrogens (tertiary/aromatic N) is 1. The zero-order chi connectivity index (χ0) is 14.9. The number of halogens is 5.